The number of morpholine rings is 1. The van der Waals surface area contributed by atoms with Crippen LogP contribution in [0.25, 0.3) is 0 Å². The molecule has 0 bridgehead atoms. The summed E-state index contributed by atoms with van der Waals surface area (Å²) in [5.41, 5.74) is 2.80. The van der Waals surface area contributed by atoms with Crippen molar-refractivity contribution in [2.24, 2.45) is 0 Å². The number of halogens is 1. The molecule has 3 rings (SSSR count). The molecular weight excluding hydrogens is 345 g/mol. The first kappa shape index (κ1) is 19.3. The van der Waals surface area contributed by atoms with Gasteiger partial charge in [0, 0.05) is 19.1 Å². The van der Waals surface area contributed by atoms with Crippen molar-refractivity contribution in [1.82, 2.24) is 4.90 Å². The molecule has 1 fully saturated rings. The van der Waals surface area contributed by atoms with Crippen LogP contribution < -0.4 is 10.2 Å². The normalized spacial score (nSPS) is 15.6. The number of anilines is 2. The molecule has 1 saturated heterocycles. The van der Waals surface area contributed by atoms with Gasteiger partial charge in [0.2, 0.25) is 5.91 Å². The maximum absolute atomic E-state index is 13.1. The van der Waals surface area contributed by atoms with Gasteiger partial charge in [-0.15, -0.1) is 0 Å². The summed E-state index contributed by atoms with van der Waals surface area (Å²) >= 11 is 0. The number of nitrogens with zero attached hydrogens (tertiary/aromatic N) is 2. The molecule has 1 aliphatic heterocycles. The van der Waals surface area contributed by atoms with Crippen LogP contribution in [0.2, 0.25) is 0 Å². The Labute approximate surface area is 159 Å². The Bertz CT molecular complexity index is 760. The second-order valence-electron chi connectivity index (χ2n) is 6.81. The molecule has 5 nitrogen and oxygen atoms in total. The van der Waals surface area contributed by atoms with E-state index in [9.17, 15) is 9.18 Å². The van der Waals surface area contributed by atoms with Gasteiger partial charge in [0.25, 0.3) is 0 Å². The number of para-hydroxylation sites is 2. The number of carbonyl (C=O) groups is 1. The minimum Gasteiger partial charge on any atom is -0.378 e. The zero-order valence-corrected chi connectivity index (χ0v) is 15.8. The van der Waals surface area contributed by atoms with Crippen molar-refractivity contribution in [2.45, 2.75) is 13.0 Å². The molecule has 1 unspecified atom stereocenters. The molecule has 1 atom stereocenters. The van der Waals surface area contributed by atoms with E-state index in [0.717, 1.165) is 30.0 Å². The van der Waals surface area contributed by atoms with Crippen LogP contribution >= 0.6 is 0 Å². The molecule has 0 radical (unpaired) electrons. The fourth-order valence-corrected chi connectivity index (χ4v) is 3.21. The van der Waals surface area contributed by atoms with Crippen molar-refractivity contribution in [2.75, 3.05) is 50.1 Å². The SMILES string of the molecule is CC(c1ccc(F)cc1)N(C)CC(=O)Nc1ccccc1N1CCOCC1. The molecule has 6 heteroatoms. The smallest absolute Gasteiger partial charge is 0.238 e. The van der Waals surface area contributed by atoms with Crippen molar-refractivity contribution in [3.05, 3.63) is 59.9 Å². The Balaban J connectivity index is 1.63. The highest BCUT2D eigenvalue weighted by atomic mass is 19.1. The van der Waals surface area contributed by atoms with Gasteiger partial charge in [0.05, 0.1) is 31.1 Å². The van der Waals surface area contributed by atoms with Gasteiger partial charge in [-0.05, 0) is 43.8 Å². The average Bonchev–Trinajstić information content (AvgIpc) is 2.69. The Kier molecular flexibility index (Phi) is 6.42. The maximum atomic E-state index is 13.1. The van der Waals surface area contributed by atoms with E-state index in [1.165, 1.54) is 12.1 Å². The first-order valence-corrected chi connectivity index (χ1v) is 9.22. The second-order valence-corrected chi connectivity index (χ2v) is 6.81. The first-order valence-electron chi connectivity index (χ1n) is 9.22. The van der Waals surface area contributed by atoms with Gasteiger partial charge in [-0.1, -0.05) is 24.3 Å². The number of benzene rings is 2. The van der Waals surface area contributed by atoms with Gasteiger partial charge in [-0.2, -0.15) is 0 Å². The summed E-state index contributed by atoms with van der Waals surface area (Å²) in [5.74, 6) is -0.335. The lowest BCUT2D eigenvalue weighted by molar-refractivity contribution is -0.117. The van der Waals surface area contributed by atoms with Crippen LogP contribution in [-0.2, 0) is 9.53 Å². The van der Waals surface area contributed by atoms with Gasteiger partial charge in [0.1, 0.15) is 5.82 Å². The van der Waals surface area contributed by atoms with Crippen LogP contribution in [0.15, 0.2) is 48.5 Å². The number of likely N-dealkylation sites (N-methyl/N-ethyl adjacent to an activating group) is 1. The van der Waals surface area contributed by atoms with Gasteiger partial charge in [0.15, 0.2) is 0 Å². The summed E-state index contributed by atoms with van der Waals surface area (Å²) in [4.78, 5) is 16.8. The van der Waals surface area contributed by atoms with Crippen LogP contribution in [0.5, 0.6) is 0 Å². The fourth-order valence-electron chi connectivity index (χ4n) is 3.21. The third-order valence-corrected chi connectivity index (χ3v) is 4.94. The highest BCUT2D eigenvalue weighted by Gasteiger charge is 2.18. The van der Waals surface area contributed by atoms with Gasteiger partial charge in [-0.3, -0.25) is 9.69 Å². The highest BCUT2D eigenvalue weighted by molar-refractivity contribution is 5.95. The summed E-state index contributed by atoms with van der Waals surface area (Å²) in [5, 5.41) is 3.03. The molecule has 0 aliphatic carbocycles. The lowest BCUT2D eigenvalue weighted by atomic mass is 10.1. The molecule has 0 saturated carbocycles. The molecule has 2 aromatic rings. The van der Waals surface area contributed by atoms with Gasteiger partial charge < -0.3 is 15.0 Å². The standard InChI is InChI=1S/C21H26FN3O2/c1-16(17-7-9-18(22)10-8-17)24(2)15-21(26)23-19-5-3-4-6-20(19)25-11-13-27-14-12-25/h3-10,16H,11-15H2,1-2H3,(H,23,26). The number of carbonyl (C=O) groups excluding carboxylic acids is 1. The van der Waals surface area contributed by atoms with Gasteiger partial charge in [-0.25, -0.2) is 4.39 Å². The second kappa shape index (κ2) is 8.97. The number of nitrogens with one attached hydrogen (secondary N) is 1. The summed E-state index contributed by atoms with van der Waals surface area (Å²) in [7, 11) is 1.89. The number of amides is 1. The van der Waals surface area contributed by atoms with Crippen LogP contribution in [-0.4, -0.2) is 50.7 Å². The van der Waals surface area contributed by atoms with Crippen molar-refractivity contribution >= 4 is 17.3 Å². The topological polar surface area (TPSA) is 44.8 Å². The average molecular weight is 371 g/mol. The van der Waals surface area contributed by atoms with E-state index in [2.05, 4.69) is 10.2 Å². The van der Waals surface area contributed by atoms with E-state index in [4.69, 9.17) is 4.74 Å². The molecule has 1 heterocycles. The summed E-state index contributed by atoms with van der Waals surface area (Å²) in [6, 6.07) is 14.2. The third-order valence-electron chi connectivity index (χ3n) is 4.94. The Morgan fingerprint density at radius 1 is 1.19 bits per heavy atom. The number of hydrogen-bond acceptors (Lipinski definition) is 4. The highest BCUT2D eigenvalue weighted by Crippen LogP contribution is 2.26. The van der Waals surface area contributed by atoms with Crippen LogP contribution in [0.1, 0.15) is 18.5 Å². The van der Waals surface area contributed by atoms with E-state index in [1.54, 1.807) is 12.1 Å². The van der Waals surface area contributed by atoms with Gasteiger partial charge >= 0.3 is 0 Å². The number of hydrogen-bond donors (Lipinski definition) is 1. The van der Waals surface area contributed by atoms with E-state index in [0.29, 0.717) is 13.2 Å². The minimum absolute atomic E-state index is 0.00540. The molecule has 144 valence electrons. The van der Waals surface area contributed by atoms with Crippen LogP contribution in [0.4, 0.5) is 15.8 Å². The molecule has 1 aliphatic rings. The molecule has 2 aromatic carbocycles. The zero-order valence-electron chi connectivity index (χ0n) is 15.8. The monoisotopic (exact) mass is 371 g/mol. The molecule has 1 N–H and O–H groups in total. The third kappa shape index (κ3) is 5.05. The summed E-state index contributed by atoms with van der Waals surface area (Å²) < 4.78 is 18.5. The Morgan fingerprint density at radius 2 is 1.85 bits per heavy atom. The quantitative estimate of drug-likeness (QED) is 0.846. The minimum atomic E-state index is -0.258. The largest absolute Gasteiger partial charge is 0.378 e. The summed E-state index contributed by atoms with van der Waals surface area (Å²) in [6.45, 7) is 5.27. The predicted molar refractivity (Wildman–Crippen MR) is 106 cm³/mol. The molecule has 0 spiro atoms. The van der Waals surface area contributed by atoms with E-state index in [1.807, 2.05) is 43.1 Å². The lowest BCUT2D eigenvalue weighted by Crippen LogP contribution is -2.37. The van der Waals surface area contributed by atoms with Crippen LogP contribution in [0, 0.1) is 5.82 Å². The first-order chi connectivity index (χ1) is 13.0. The van der Waals surface area contributed by atoms with Crippen molar-refractivity contribution in [3.63, 3.8) is 0 Å². The van der Waals surface area contributed by atoms with E-state index in [-0.39, 0.29) is 24.3 Å². The van der Waals surface area contributed by atoms with E-state index < -0.39 is 0 Å². The molecule has 1 amide bonds. The lowest BCUT2D eigenvalue weighted by Gasteiger charge is -2.31. The molecular formula is C21H26FN3O2. The van der Waals surface area contributed by atoms with Crippen LogP contribution in [0.3, 0.4) is 0 Å². The number of rotatable bonds is 6. The van der Waals surface area contributed by atoms with Crippen molar-refractivity contribution < 1.29 is 13.9 Å². The Hall–Kier alpha value is -2.44. The molecule has 27 heavy (non-hydrogen) atoms. The predicted octanol–water partition coefficient (Wildman–Crippen LogP) is 3.29. The van der Waals surface area contributed by atoms with E-state index >= 15 is 0 Å². The number of ether oxygens (including phenoxy) is 1. The molecule has 0 aromatic heterocycles. The van der Waals surface area contributed by atoms with Crippen molar-refractivity contribution in [3.8, 4) is 0 Å². The zero-order chi connectivity index (χ0) is 19.2. The summed E-state index contributed by atoms with van der Waals surface area (Å²) in [6.07, 6.45) is 0. The van der Waals surface area contributed by atoms with Crippen molar-refractivity contribution in [1.29, 1.82) is 0 Å². The fraction of sp³-hybridized carbons (Fsp3) is 0.381. The maximum Gasteiger partial charge on any atom is 0.238 e. The Morgan fingerprint density at radius 3 is 2.56 bits per heavy atom.